The average molecular weight is 203 g/mol. The fourth-order valence-electron chi connectivity index (χ4n) is 1.29. The number of rotatable bonds is 3. The first-order chi connectivity index (χ1) is 6.97. The second-order valence-electron chi connectivity index (χ2n) is 5.00. The molecular formula is C14H21N. The van der Waals surface area contributed by atoms with Crippen LogP contribution in [0.15, 0.2) is 35.9 Å². The Morgan fingerprint density at radius 3 is 2.33 bits per heavy atom. The molecule has 1 aromatic rings. The summed E-state index contributed by atoms with van der Waals surface area (Å²) in [4.78, 5) is 0. The van der Waals surface area contributed by atoms with Crippen molar-refractivity contribution in [2.75, 3.05) is 6.54 Å². The van der Waals surface area contributed by atoms with Gasteiger partial charge in [0.2, 0.25) is 0 Å². The molecule has 0 aliphatic carbocycles. The summed E-state index contributed by atoms with van der Waals surface area (Å²) >= 11 is 0. The van der Waals surface area contributed by atoms with Crippen LogP contribution in [0.3, 0.4) is 0 Å². The summed E-state index contributed by atoms with van der Waals surface area (Å²) in [6.45, 7) is 9.65. The molecule has 0 aliphatic rings. The van der Waals surface area contributed by atoms with E-state index in [1.54, 1.807) is 0 Å². The smallest absolute Gasteiger partial charge is 0.0170 e. The van der Waals surface area contributed by atoms with Crippen molar-refractivity contribution in [1.82, 2.24) is 5.32 Å². The van der Waals surface area contributed by atoms with Crippen molar-refractivity contribution in [1.29, 1.82) is 0 Å². The minimum absolute atomic E-state index is 0.186. The van der Waals surface area contributed by atoms with E-state index in [1.165, 1.54) is 11.1 Å². The molecule has 0 spiro atoms. The van der Waals surface area contributed by atoms with Gasteiger partial charge < -0.3 is 5.32 Å². The van der Waals surface area contributed by atoms with Crippen molar-refractivity contribution in [3.8, 4) is 0 Å². The van der Waals surface area contributed by atoms with Crippen LogP contribution in [-0.2, 0) is 0 Å². The lowest BCUT2D eigenvalue weighted by atomic mass is 10.1. The average Bonchev–Trinajstić information content (AvgIpc) is 2.15. The highest BCUT2D eigenvalue weighted by atomic mass is 14.9. The van der Waals surface area contributed by atoms with E-state index in [9.17, 15) is 0 Å². The van der Waals surface area contributed by atoms with Gasteiger partial charge in [0.1, 0.15) is 0 Å². The topological polar surface area (TPSA) is 12.0 Å². The van der Waals surface area contributed by atoms with Crippen LogP contribution in [0.2, 0.25) is 0 Å². The minimum atomic E-state index is 0.186. The second kappa shape index (κ2) is 5.13. The Hall–Kier alpha value is -1.08. The van der Waals surface area contributed by atoms with Crippen molar-refractivity contribution in [3.63, 3.8) is 0 Å². The molecule has 1 nitrogen and oxygen atoms in total. The quantitative estimate of drug-likeness (QED) is 0.793. The van der Waals surface area contributed by atoms with Crippen molar-refractivity contribution < 1.29 is 0 Å². The third-order valence-corrected chi connectivity index (χ3v) is 2.11. The van der Waals surface area contributed by atoms with Crippen LogP contribution in [0.1, 0.15) is 33.3 Å². The van der Waals surface area contributed by atoms with E-state index in [-0.39, 0.29) is 5.54 Å². The van der Waals surface area contributed by atoms with Crippen LogP contribution in [0.25, 0.3) is 6.08 Å². The highest BCUT2D eigenvalue weighted by molar-refractivity contribution is 5.52. The highest BCUT2D eigenvalue weighted by Crippen LogP contribution is 2.06. The predicted octanol–water partition coefficient (Wildman–Crippen LogP) is 3.48. The van der Waals surface area contributed by atoms with Crippen molar-refractivity contribution >= 4 is 6.08 Å². The van der Waals surface area contributed by atoms with E-state index < -0.39 is 0 Å². The Morgan fingerprint density at radius 1 is 1.20 bits per heavy atom. The normalized spacial score (nSPS) is 12.9. The van der Waals surface area contributed by atoms with E-state index in [2.05, 4.69) is 63.4 Å². The van der Waals surface area contributed by atoms with Gasteiger partial charge in [0.25, 0.3) is 0 Å². The standard InChI is InChI=1S/C14H21N/c1-12(11-15-14(2,3)4)10-13-8-6-5-7-9-13/h5-10,15H,11H2,1-4H3/b12-10+. The molecule has 82 valence electrons. The van der Waals surface area contributed by atoms with Gasteiger partial charge in [-0.1, -0.05) is 42.0 Å². The lowest BCUT2D eigenvalue weighted by molar-refractivity contribution is 0.445. The molecule has 0 radical (unpaired) electrons. The fraction of sp³-hybridized carbons (Fsp3) is 0.429. The molecule has 1 heteroatoms. The Kier molecular flexibility index (Phi) is 4.10. The first kappa shape index (κ1) is 12.0. The zero-order valence-electron chi connectivity index (χ0n) is 10.2. The van der Waals surface area contributed by atoms with E-state index in [0.717, 1.165) is 6.54 Å². The molecule has 0 amide bonds. The lowest BCUT2D eigenvalue weighted by Gasteiger charge is -2.20. The molecule has 1 aromatic carbocycles. The van der Waals surface area contributed by atoms with E-state index >= 15 is 0 Å². The maximum absolute atomic E-state index is 3.47. The van der Waals surface area contributed by atoms with Gasteiger partial charge in [-0.05, 0) is 33.3 Å². The maximum atomic E-state index is 3.47. The van der Waals surface area contributed by atoms with Crippen LogP contribution < -0.4 is 5.32 Å². The van der Waals surface area contributed by atoms with E-state index in [4.69, 9.17) is 0 Å². The largest absolute Gasteiger partial charge is 0.308 e. The zero-order chi connectivity index (χ0) is 11.3. The minimum Gasteiger partial charge on any atom is -0.308 e. The van der Waals surface area contributed by atoms with Crippen molar-refractivity contribution in [2.45, 2.75) is 33.2 Å². The van der Waals surface area contributed by atoms with Crippen LogP contribution in [0.5, 0.6) is 0 Å². The molecule has 15 heavy (non-hydrogen) atoms. The first-order valence-electron chi connectivity index (χ1n) is 5.45. The van der Waals surface area contributed by atoms with Gasteiger partial charge in [0.05, 0.1) is 0 Å². The van der Waals surface area contributed by atoms with Gasteiger partial charge in [0, 0.05) is 12.1 Å². The van der Waals surface area contributed by atoms with Gasteiger partial charge in [-0.25, -0.2) is 0 Å². The van der Waals surface area contributed by atoms with Gasteiger partial charge in [-0.2, -0.15) is 0 Å². The third-order valence-electron chi connectivity index (χ3n) is 2.11. The molecule has 1 N–H and O–H groups in total. The van der Waals surface area contributed by atoms with Crippen LogP contribution in [0, 0.1) is 0 Å². The molecule has 0 aromatic heterocycles. The molecule has 0 bridgehead atoms. The number of hydrogen-bond donors (Lipinski definition) is 1. The molecule has 0 unspecified atom stereocenters. The third kappa shape index (κ3) is 5.38. The second-order valence-corrected chi connectivity index (χ2v) is 5.00. The molecule has 0 saturated heterocycles. The van der Waals surface area contributed by atoms with Gasteiger partial charge in [0.15, 0.2) is 0 Å². The summed E-state index contributed by atoms with van der Waals surface area (Å²) in [6.07, 6.45) is 2.22. The Bertz CT molecular complexity index is 317. The highest BCUT2D eigenvalue weighted by Gasteiger charge is 2.07. The monoisotopic (exact) mass is 203 g/mol. The van der Waals surface area contributed by atoms with E-state index in [0.29, 0.717) is 0 Å². The van der Waals surface area contributed by atoms with Crippen molar-refractivity contribution in [3.05, 3.63) is 41.5 Å². The zero-order valence-corrected chi connectivity index (χ0v) is 10.2. The van der Waals surface area contributed by atoms with Crippen LogP contribution in [0.4, 0.5) is 0 Å². The Balaban J connectivity index is 2.54. The summed E-state index contributed by atoms with van der Waals surface area (Å²) in [5, 5.41) is 3.47. The maximum Gasteiger partial charge on any atom is 0.0170 e. The Labute approximate surface area is 93.2 Å². The van der Waals surface area contributed by atoms with E-state index in [1.807, 2.05) is 6.07 Å². The lowest BCUT2D eigenvalue weighted by Crippen LogP contribution is -2.36. The molecule has 1 rings (SSSR count). The Morgan fingerprint density at radius 2 is 1.80 bits per heavy atom. The van der Waals surface area contributed by atoms with Gasteiger partial charge in [-0.15, -0.1) is 0 Å². The van der Waals surface area contributed by atoms with Crippen LogP contribution in [-0.4, -0.2) is 12.1 Å². The SMILES string of the molecule is C/C(=C\c1ccccc1)CNC(C)(C)C. The number of benzene rings is 1. The first-order valence-corrected chi connectivity index (χ1v) is 5.45. The molecule has 0 atom stereocenters. The molecule has 0 fully saturated rings. The molecule has 0 saturated carbocycles. The summed E-state index contributed by atoms with van der Waals surface area (Å²) in [6, 6.07) is 10.4. The van der Waals surface area contributed by atoms with Crippen LogP contribution >= 0.6 is 0 Å². The van der Waals surface area contributed by atoms with Gasteiger partial charge in [-0.3, -0.25) is 0 Å². The summed E-state index contributed by atoms with van der Waals surface area (Å²) < 4.78 is 0. The summed E-state index contributed by atoms with van der Waals surface area (Å²) in [5.74, 6) is 0. The molecule has 0 aliphatic heterocycles. The number of nitrogens with one attached hydrogen (secondary N) is 1. The predicted molar refractivity (Wildman–Crippen MR) is 67.8 cm³/mol. The summed E-state index contributed by atoms with van der Waals surface area (Å²) in [7, 11) is 0. The van der Waals surface area contributed by atoms with Gasteiger partial charge >= 0.3 is 0 Å². The summed E-state index contributed by atoms with van der Waals surface area (Å²) in [5.41, 5.74) is 2.81. The molecule has 0 heterocycles. The fourth-order valence-corrected chi connectivity index (χ4v) is 1.29. The molecular weight excluding hydrogens is 182 g/mol. The van der Waals surface area contributed by atoms with Crippen molar-refractivity contribution in [2.24, 2.45) is 0 Å². The number of hydrogen-bond acceptors (Lipinski definition) is 1.